The van der Waals surface area contributed by atoms with Crippen LogP contribution in [0.25, 0.3) is 0 Å². The van der Waals surface area contributed by atoms with Crippen molar-refractivity contribution < 1.29 is 0 Å². The Morgan fingerprint density at radius 1 is 1.25 bits per heavy atom. The maximum atomic E-state index is 3.43. The summed E-state index contributed by atoms with van der Waals surface area (Å²) in [6.45, 7) is 13.6. The Hall–Kier alpha value is -0.900. The molecule has 0 aromatic heterocycles. The van der Waals surface area contributed by atoms with Crippen LogP contribution in [0.1, 0.15) is 25.0 Å². The third-order valence-corrected chi connectivity index (χ3v) is 4.16. The Labute approximate surface area is 124 Å². The van der Waals surface area contributed by atoms with E-state index in [1.807, 2.05) is 0 Å². The predicted molar refractivity (Wildman–Crippen MR) is 86.0 cm³/mol. The molecule has 1 aliphatic rings. The molecule has 1 fully saturated rings. The molecule has 0 unspecified atom stereocenters. The minimum Gasteiger partial charge on any atom is -0.314 e. The zero-order valence-corrected chi connectivity index (χ0v) is 13.4. The number of piperazine rings is 1. The van der Waals surface area contributed by atoms with E-state index in [4.69, 9.17) is 0 Å². The van der Waals surface area contributed by atoms with Crippen molar-refractivity contribution in [3.63, 3.8) is 0 Å². The number of rotatable bonds is 5. The van der Waals surface area contributed by atoms with Gasteiger partial charge in [0.05, 0.1) is 0 Å². The third kappa shape index (κ3) is 4.30. The molecule has 2 rings (SSSR count). The minimum atomic E-state index is 0.237. The van der Waals surface area contributed by atoms with Crippen molar-refractivity contribution >= 4 is 0 Å². The number of nitrogens with zero attached hydrogens (tertiary/aromatic N) is 2. The van der Waals surface area contributed by atoms with E-state index in [2.05, 4.69) is 67.2 Å². The molecule has 0 radical (unpaired) electrons. The first-order valence-corrected chi connectivity index (χ1v) is 7.67. The summed E-state index contributed by atoms with van der Waals surface area (Å²) in [5.41, 5.74) is 2.99. The fourth-order valence-electron chi connectivity index (χ4n) is 3.21. The summed E-state index contributed by atoms with van der Waals surface area (Å²) in [6.07, 6.45) is 0. The van der Waals surface area contributed by atoms with Gasteiger partial charge in [-0.15, -0.1) is 0 Å². The van der Waals surface area contributed by atoms with Gasteiger partial charge in [0, 0.05) is 44.8 Å². The van der Waals surface area contributed by atoms with Crippen molar-refractivity contribution in [3.05, 3.63) is 35.4 Å². The van der Waals surface area contributed by atoms with Crippen LogP contribution >= 0.6 is 0 Å². The monoisotopic (exact) mass is 275 g/mol. The van der Waals surface area contributed by atoms with Gasteiger partial charge in [0.2, 0.25) is 0 Å². The second-order valence-corrected chi connectivity index (χ2v) is 6.71. The number of benzene rings is 1. The number of likely N-dealkylation sites (N-methyl/N-ethyl adjacent to an activating group) is 1. The van der Waals surface area contributed by atoms with Gasteiger partial charge in [-0.25, -0.2) is 0 Å². The Morgan fingerprint density at radius 2 is 1.95 bits per heavy atom. The van der Waals surface area contributed by atoms with E-state index in [-0.39, 0.29) is 5.54 Å². The Morgan fingerprint density at radius 3 is 2.60 bits per heavy atom. The first-order valence-electron chi connectivity index (χ1n) is 7.67. The SMILES string of the molecule is Cc1cccc(CN(C)CC(C)(C)N2CCNCC2)c1. The van der Waals surface area contributed by atoms with Crippen LogP contribution in [0.4, 0.5) is 0 Å². The van der Waals surface area contributed by atoms with Crippen LogP contribution in [0.3, 0.4) is 0 Å². The summed E-state index contributed by atoms with van der Waals surface area (Å²) < 4.78 is 0. The smallest absolute Gasteiger partial charge is 0.0281 e. The molecule has 1 N–H and O–H groups in total. The predicted octanol–water partition coefficient (Wildman–Crippen LogP) is 2.11. The minimum absolute atomic E-state index is 0.237. The molecule has 0 bridgehead atoms. The van der Waals surface area contributed by atoms with Crippen LogP contribution < -0.4 is 5.32 Å². The molecule has 0 saturated carbocycles. The first-order chi connectivity index (χ1) is 9.47. The quantitative estimate of drug-likeness (QED) is 0.888. The molecular weight excluding hydrogens is 246 g/mol. The van der Waals surface area contributed by atoms with E-state index >= 15 is 0 Å². The Kier molecular flexibility index (Phi) is 5.19. The van der Waals surface area contributed by atoms with Gasteiger partial charge in [-0.2, -0.15) is 0 Å². The van der Waals surface area contributed by atoms with Crippen molar-refractivity contribution in [1.29, 1.82) is 0 Å². The highest BCUT2D eigenvalue weighted by molar-refractivity contribution is 5.22. The van der Waals surface area contributed by atoms with E-state index in [0.29, 0.717) is 0 Å². The zero-order valence-electron chi connectivity index (χ0n) is 13.4. The van der Waals surface area contributed by atoms with Gasteiger partial charge < -0.3 is 10.2 Å². The largest absolute Gasteiger partial charge is 0.314 e. The van der Waals surface area contributed by atoms with Gasteiger partial charge in [0.1, 0.15) is 0 Å². The van der Waals surface area contributed by atoms with Crippen molar-refractivity contribution in [2.75, 3.05) is 39.8 Å². The van der Waals surface area contributed by atoms with E-state index in [1.165, 1.54) is 11.1 Å². The fourth-order valence-corrected chi connectivity index (χ4v) is 3.21. The maximum Gasteiger partial charge on any atom is 0.0281 e. The summed E-state index contributed by atoms with van der Waals surface area (Å²) in [7, 11) is 2.23. The number of aryl methyl sites for hydroxylation is 1. The molecule has 0 atom stereocenters. The molecule has 112 valence electrons. The van der Waals surface area contributed by atoms with Crippen molar-refractivity contribution in [3.8, 4) is 0 Å². The molecule has 0 amide bonds. The second kappa shape index (κ2) is 6.70. The van der Waals surface area contributed by atoms with Crippen LogP contribution in [0.2, 0.25) is 0 Å². The molecule has 20 heavy (non-hydrogen) atoms. The topological polar surface area (TPSA) is 18.5 Å². The number of hydrogen-bond acceptors (Lipinski definition) is 3. The van der Waals surface area contributed by atoms with Crippen LogP contribution in [-0.4, -0.2) is 55.1 Å². The van der Waals surface area contributed by atoms with E-state index in [9.17, 15) is 0 Å². The summed E-state index contributed by atoms with van der Waals surface area (Å²) in [5.74, 6) is 0. The lowest BCUT2D eigenvalue weighted by molar-refractivity contribution is 0.0693. The molecule has 3 nitrogen and oxygen atoms in total. The van der Waals surface area contributed by atoms with Crippen LogP contribution in [-0.2, 0) is 6.54 Å². The maximum absolute atomic E-state index is 3.43. The van der Waals surface area contributed by atoms with Gasteiger partial charge in [-0.1, -0.05) is 29.8 Å². The van der Waals surface area contributed by atoms with Crippen LogP contribution in [0.5, 0.6) is 0 Å². The normalized spacial score (nSPS) is 17.6. The molecule has 1 heterocycles. The molecule has 1 aromatic rings. The van der Waals surface area contributed by atoms with Gasteiger partial charge in [-0.3, -0.25) is 4.90 Å². The molecule has 1 saturated heterocycles. The van der Waals surface area contributed by atoms with Gasteiger partial charge >= 0.3 is 0 Å². The van der Waals surface area contributed by atoms with Crippen LogP contribution in [0.15, 0.2) is 24.3 Å². The summed E-state index contributed by atoms with van der Waals surface area (Å²) >= 11 is 0. The highest BCUT2D eigenvalue weighted by atomic mass is 15.3. The second-order valence-electron chi connectivity index (χ2n) is 6.71. The highest BCUT2D eigenvalue weighted by Gasteiger charge is 2.28. The third-order valence-electron chi connectivity index (χ3n) is 4.16. The number of nitrogens with one attached hydrogen (secondary N) is 1. The average Bonchev–Trinajstić information content (AvgIpc) is 2.39. The van der Waals surface area contributed by atoms with Crippen molar-refractivity contribution in [2.45, 2.75) is 32.9 Å². The molecular formula is C17H29N3. The van der Waals surface area contributed by atoms with E-state index in [0.717, 1.165) is 39.3 Å². The fraction of sp³-hybridized carbons (Fsp3) is 0.647. The Bertz CT molecular complexity index is 422. The van der Waals surface area contributed by atoms with Crippen LogP contribution in [0, 0.1) is 6.92 Å². The zero-order chi connectivity index (χ0) is 14.6. The lowest BCUT2D eigenvalue weighted by Crippen LogP contribution is -2.57. The van der Waals surface area contributed by atoms with Crippen molar-refractivity contribution in [1.82, 2.24) is 15.1 Å². The molecule has 3 heteroatoms. The van der Waals surface area contributed by atoms with Gasteiger partial charge in [-0.05, 0) is 33.4 Å². The Balaban J connectivity index is 1.90. The van der Waals surface area contributed by atoms with Gasteiger partial charge in [0.15, 0.2) is 0 Å². The first kappa shape index (κ1) is 15.5. The molecule has 0 aliphatic carbocycles. The molecule has 1 aromatic carbocycles. The lowest BCUT2D eigenvalue weighted by Gasteiger charge is -2.43. The molecule has 0 spiro atoms. The summed E-state index contributed by atoms with van der Waals surface area (Å²) in [4.78, 5) is 5.05. The summed E-state index contributed by atoms with van der Waals surface area (Å²) in [6, 6.07) is 8.82. The van der Waals surface area contributed by atoms with Gasteiger partial charge in [0.25, 0.3) is 0 Å². The number of hydrogen-bond donors (Lipinski definition) is 1. The van der Waals surface area contributed by atoms with E-state index in [1.54, 1.807) is 0 Å². The van der Waals surface area contributed by atoms with E-state index < -0.39 is 0 Å². The average molecular weight is 275 g/mol. The summed E-state index contributed by atoms with van der Waals surface area (Å²) in [5, 5.41) is 3.43. The lowest BCUT2D eigenvalue weighted by atomic mass is 10.0. The van der Waals surface area contributed by atoms with Crippen molar-refractivity contribution in [2.24, 2.45) is 0 Å². The highest BCUT2D eigenvalue weighted by Crippen LogP contribution is 2.17. The standard InChI is InChI=1S/C17H29N3/c1-15-6-5-7-16(12-15)13-19(4)14-17(2,3)20-10-8-18-9-11-20/h5-7,12,18H,8-11,13-14H2,1-4H3. The molecule has 1 aliphatic heterocycles.